The molecule has 0 fully saturated rings. The van der Waals surface area contributed by atoms with Crippen LogP contribution in [0.3, 0.4) is 0 Å². The Bertz CT molecular complexity index is 768. The summed E-state index contributed by atoms with van der Waals surface area (Å²) < 4.78 is 21.6. The second-order valence-electron chi connectivity index (χ2n) is 5.81. The highest BCUT2D eigenvalue weighted by Crippen LogP contribution is 2.40. The smallest absolute Gasteiger partial charge is 0.226 e. The number of nitrogens with one attached hydrogen (secondary N) is 2. The number of carbonyl (C=O) groups excluding carboxylic acids is 1. The highest BCUT2D eigenvalue weighted by molar-refractivity contribution is 5.92. The van der Waals surface area contributed by atoms with Crippen LogP contribution in [0.25, 0.3) is 0 Å². The fraction of sp³-hybridized carbons (Fsp3) is 0.316. The average Bonchev–Trinajstić information content (AvgIpc) is 2.66. The van der Waals surface area contributed by atoms with Gasteiger partial charge < -0.3 is 29.6 Å². The van der Waals surface area contributed by atoms with Gasteiger partial charge in [-0.3, -0.25) is 4.79 Å². The van der Waals surface area contributed by atoms with E-state index < -0.39 is 0 Å². The number of hydrogen-bond acceptors (Lipinski definition) is 6. The summed E-state index contributed by atoms with van der Waals surface area (Å²) in [6.07, 6.45) is 0.269. The molecule has 0 saturated heterocycles. The third-order valence-electron chi connectivity index (χ3n) is 4.07. The van der Waals surface area contributed by atoms with Crippen molar-refractivity contribution < 1.29 is 23.7 Å². The molecule has 0 aliphatic carbocycles. The van der Waals surface area contributed by atoms with E-state index in [2.05, 4.69) is 10.6 Å². The van der Waals surface area contributed by atoms with Gasteiger partial charge in [0.2, 0.25) is 11.7 Å². The van der Waals surface area contributed by atoms with E-state index in [9.17, 15) is 4.79 Å². The second kappa shape index (κ2) is 7.86. The number of benzene rings is 2. The first-order valence-electron chi connectivity index (χ1n) is 8.22. The van der Waals surface area contributed by atoms with Crippen LogP contribution in [-0.2, 0) is 4.79 Å². The molecule has 2 aromatic rings. The van der Waals surface area contributed by atoms with Gasteiger partial charge in [-0.2, -0.15) is 0 Å². The first-order chi connectivity index (χ1) is 12.6. The van der Waals surface area contributed by atoms with Gasteiger partial charge in [0.05, 0.1) is 39.5 Å². The second-order valence-corrected chi connectivity index (χ2v) is 5.81. The largest absolute Gasteiger partial charge is 0.493 e. The van der Waals surface area contributed by atoms with Crippen LogP contribution < -0.4 is 29.6 Å². The fourth-order valence-electron chi connectivity index (χ4n) is 2.86. The molecular formula is C19H22N2O5. The Labute approximate surface area is 152 Å². The Hall–Kier alpha value is -3.09. The highest BCUT2D eigenvalue weighted by atomic mass is 16.5. The molecule has 0 saturated carbocycles. The number of rotatable bonds is 6. The molecule has 1 atom stereocenters. The molecule has 0 unspecified atom stereocenters. The number of para-hydroxylation sites is 2. The van der Waals surface area contributed by atoms with Crippen LogP contribution in [-0.4, -0.2) is 39.9 Å². The van der Waals surface area contributed by atoms with E-state index in [1.165, 1.54) is 21.3 Å². The van der Waals surface area contributed by atoms with E-state index in [4.69, 9.17) is 18.9 Å². The van der Waals surface area contributed by atoms with Gasteiger partial charge in [0.25, 0.3) is 0 Å². The van der Waals surface area contributed by atoms with Crippen LogP contribution >= 0.6 is 0 Å². The van der Waals surface area contributed by atoms with E-state index in [1.54, 1.807) is 12.1 Å². The normalized spacial score (nSPS) is 15.1. The van der Waals surface area contributed by atoms with Crippen LogP contribution in [0.15, 0.2) is 36.4 Å². The molecule has 1 heterocycles. The molecule has 26 heavy (non-hydrogen) atoms. The van der Waals surface area contributed by atoms with Crippen molar-refractivity contribution in [2.24, 2.45) is 0 Å². The zero-order valence-corrected chi connectivity index (χ0v) is 15.0. The van der Waals surface area contributed by atoms with Crippen molar-refractivity contribution in [2.75, 3.05) is 38.6 Å². The van der Waals surface area contributed by atoms with Crippen LogP contribution in [0, 0.1) is 0 Å². The summed E-state index contributed by atoms with van der Waals surface area (Å²) in [5.41, 5.74) is 1.46. The molecule has 7 nitrogen and oxygen atoms in total. The lowest BCUT2D eigenvalue weighted by Gasteiger charge is -2.27. The zero-order chi connectivity index (χ0) is 18.5. The quantitative estimate of drug-likeness (QED) is 0.827. The Morgan fingerprint density at radius 2 is 1.85 bits per heavy atom. The summed E-state index contributed by atoms with van der Waals surface area (Å²) in [7, 11) is 4.60. The number of amides is 1. The van der Waals surface area contributed by atoms with E-state index in [1.807, 2.05) is 24.3 Å². The Balaban J connectivity index is 1.67. The molecule has 0 aromatic heterocycles. The number of anilines is 2. The SMILES string of the molecule is COc1cc(NC(=O)C[C@H]2COc3ccccc3N2)cc(OC)c1OC. The van der Waals surface area contributed by atoms with Gasteiger partial charge in [-0.05, 0) is 12.1 Å². The predicted octanol–water partition coefficient (Wildman–Crippen LogP) is 2.91. The molecule has 2 aromatic carbocycles. The summed E-state index contributed by atoms with van der Waals surface area (Å²) in [4.78, 5) is 12.4. The molecule has 7 heteroatoms. The number of hydrogen-bond donors (Lipinski definition) is 2. The number of fused-ring (bicyclic) bond motifs is 1. The van der Waals surface area contributed by atoms with Crippen molar-refractivity contribution in [3.63, 3.8) is 0 Å². The minimum atomic E-state index is -0.139. The summed E-state index contributed by atoms with van der Waals surface area (Å²) in [5.74, 6) is 2.10. The molecule has 1 aliphatic heterocycles. The molecule has 0 radical (unpaired) electrons. The minimum Gasteiger partial charge on any atom is -0.493 e. The molecule has 1 aliphatic rings. The van der Waals surface area contributed by atoms with Crippen LogP contribution in [0.1, 0.15) is 6.42 Å². The Kier molecular flexibility index (Phi) is 5.36. The number of ether oxygens (including phenoxy) is 4. The minimum absolute atomic E-state index is 0.105. The van der Waals surface area contributed by atoms with Gasteiger partial charge in [0.1, 0.15) is 12.4 Å². The van der Waals surface area contributed by atoms with Crippen molar-refractivity contribution >= 4 is 17.3 Å². The van der Waals surface area contributed by atoms with Gasteiger partial charge >= 0.3 is 0 Å². The number of methoxy groups -OCH3 is 3. The fourth-order valence-corrected chi connectivity index (χ4v) is 2.86. The van der Waals surface area contributed by atoms with Crippen molar-refractivity contribution in [3.8, 4) is 23.0 Å². The maximum absolute atomic E-state index is 12.4. The topological polar surface area (TPSA) is 78.1 Å². The van der Waals surface area contributed by atoms with Crippen molar-refractivity contribution in [1.29, 1.82) is 0 Å². The summed E-state index contributed by atoms with van der Waals surface area (Å²) in [6.45, 7) is 0.430. The monoisotopic (exact) mass is 358 g/mol. The first kappa shape index (κ1) is 17.7. The molecule has 3 rings (SSSR count). The maximum atomic E-state index is 12.4. The molecule has 138 valence electrons. The van der Waals surface area contributed by atoms with Gasteiger partial charge in [0, 0.05) is 17.8 Å². The van der Waals surface area contributed by atoms with Crippen LogP contribution in [0.4, 0.5) is 11.4 Å². The van der Waals surface area contributed by atoms with Gasteiger partial charge in [-0.1, -0.05) is 12.1 Å². The molecular weight excluding hydrogens is 336 g/mol. The lowest BCUT2D eigenvalue weighted by atomic mass is 10.1. The predicted molar refractivity (Wildman–Crippen MR) is 98.7 cm³/mol. The van der Waals surface area contributed by atoms with E-state index >= 15 is 0 Å². The van der Waals surface area contributed by atoms with Crippen LogP contribution in [0.2, 0.25) is 0 Å². The first-order valence-corrected chi connectivity index (χ1v) is 8.22. The van der Waals surface area contributed by atoms with Crippen molar-refractivity contribution in [1.82, 2.24) is 0 Å². The van der Waals surface area contributed by atoms with E-state index in [-0.39, 0.29) is 18.4 Å². The lowest BCUT2D eigenvalue weighted by Crippen LogP contribution is -2.35. The molecule has 2 N–H and O–H groups in total. The van der Waals surface area contributed by atoms with Crippen molar-refractivity contribution in [3.05, 3.63) is 36.4 Å². The molecule has 0 spiro atoms. The summed E-state index contributed by atoms with van der Waals surface area (Å²) in [6, 6.07) is 10.9. The van der Waals surface area contributed by atoms with E-state index in [0.717, 1.165) is 11.4 Å². The summed E-state index contributed by atoms with van der Waals surface area (Å²) in [5, 5.41) is 6.19. The highest BCUT2D eigenvalue weighted by Gasteiger charge is 2.22. The van der Waals surface area contributed by atoms with Gasteiger partial charge in [0.15, 0.2) is 11.5 Å². The van der Waals surface area contributed by atoms with E-state index in [0.29, 0.717) is 29.5 Å². The maximum Gasteiger partial charge on any atom is 0.226 e. The number of carbonyl (C=O) groups is 1. The molecule has 1 amide bonds. The Morgan fingerprint density at radius 3 is 2.50 bits per heavy atom. The summed E-state index contributed by atoms with van der Waals surface area (Å²) >= 11 is 0. The average molecular weight is 358 g/mol. The third-order valence-corrected chi connectivity index (χ3v) is 4.07. The molecule has 0 bridgehead atoms. The van der Waals surface area contributed by atoms with Gasteiger partial charge in [-0.25, -0.2) is 0 Å². The third kappa shape index (κ3) is 3.77. The lowest BCUT2D eigenvalue weighted by molar-refractivity contribution is -0.116. The standard InChI is InChI=1S/C19H22N2O5/c1-23-16-8-12(9-17(24-2)19(16)25-3)21-18(22)10-13-11-26-15-7-5-4-6-14(15)20-13/h4-9,13,20H,10-11H2,1-3H3,(H,21,22)/t13-/m0/s1. The van der Waals surface area contributed by atoms with Gasteiger partial charge in [-0.15, -0.1) is 0 Å². The zero-order valence-electron chi connectivity index (χ0n) is 15.0. The Morgan fingerprint density at radius 1 is 1.15 bits per heavy atom. The van der Waals surface area contributed by atoms with Crippen molar-refractivity contribution in [2.45, 2.75) is 12.5 Å². The van der Waals surface area contributed by atoms with Crippen LogP contribution in [0.5, 0.6) is 23.0 Å².